The van der Waals surface area contributed by atoms with Crippen LogP contribution in [0.5, 0.6) is 5.75 Å². The van der Waals surface area contributed by atoms with Crippen LogP contribution in [0, 0.1) is 0 Å². The molecule has 0 spiro atoms. The van der Waals surface area contributed by atoms with E-state index in [1.165, 1.54) is 11.3 Å². The van der Waals surface area contributed by atoms with E-state index >= 15 is 0 Å². The molecule has 0 aliphatic rings. The highest BCUT2D eigenvalue weighted by atomic mass is 32.1. The van der Waals surface area contributed by atoms with Crippen molar-refractivity contribution in [1.82, 2.24) is 5.32 Å². The highest BCUT2D eigenvalue weighted by molar-refractivity contribution is 7.12. The van der Waals surface area contributed by atoms with Gasteiger partial charge in [-0.15, -0.1) is 11.3 Å². The summed E-state index contributed by atoms with van der Waals surface area (Å²) < 4.78 is 5.62. The van der Waals surface area contributed by atoms with Crippen LogP contribution in [0.4, 0.5) is 0 Å². The number of nitrogens with one attached hydrogen (secondary N) is 1. The molecule has 0 saturated carbocycles. The summed E-state index contributed by atoms with van der Waals surface area (Å²) in [7, 11) is 0. The Labute approximate surface area is 173 Å². The van der Waals surface area contributed by atoms with Crippen LogP contribution >= 0.6 is 11.3 Å². The van der Waals surface area contributed by atoms with Gasteiger partial charge in [0.2, 0.25) is 0 Å². The van der Waals surface area contributed by atoms with E-state index in [1.54, 1.807) is 0 Å². The Morgan fingerprint density at radius 1 is 0.931 bits per heavy atom. The van der Waals surface area contributed by atoms with E-state index in [4.69, 9.17) is 4.74 Å². The number of thiophene rings is 1. The molecule has 1 atom stereocenters. The quantitative estimate of drug-likeness (QED) is 0.471. The number of ether oxygens (including phenoxy) is 1. The van der Waals surface area contributed by atoms with Crippen LogP contribution in [0.1, 0.15) is 21.4 Å². The molecule has 0 bridgehead atoms. The first-order valence-corrected chi connectivity index (χ1v) is 10.2. The largest absolute Gasteiger partial charge is 0.484 e. The fourth-order valence-electron chi connectivity index (χ4n) is 3.08. The molecule has 1 heterocycles. The summed E-state index contributed by atoms with van der Waals surface area (Å²) in [5.74, 6) is 0.486. The zero-order chi connectivity index (χ0) is 20.1. The van der Waals surface area contributed by atoms with Gasteiger partial charge < -0.3 is 15.2 Å². The van der Waals surface area contributed by atoms with Gasteiger partial charge in [0.05, 0.1) is 6.54 Å². The first-order chi connectivity index (χ1) is 14.2. The van der Waals surface area contributed by atoms with E-state index in [0.29, 0.717) is 12.3 Å². The van der Waals surface area contributed by atoms with Gasteiger partial charge in [0.25, 0.3) is 5.91 Å². The number of fused-ring (bicyclic) bond motifs is 1. The lowest BCUT2D eigenvalue weighted by atomic mass is 10.1. The van der Waals surface area contributed by atoms with Crippen LogP contribution in [0.25, 0.3) is 10.8 Å². The third kappa shape index (κ3) is 4.83. The van der Waals surface area contributed by atoms with Crippen molar-refractivity contribution in [2.45, 2.75) is 12.6 Å². The van der Waals surface area contributed by atoms with Crippen molar-refractivity contribution in [2.75, 3.05) is 6.61 Å². The normalized spacial score (nSPS) is 11.9. The van der Waals surface area contributed by atoms with Gasteiger partial charge >= 0.3 is 0 Å². The predicted octanol–water partition coefficient (Wildman–Crippen LogP) is 4.68. The highest BCUT2D eigenvalue weighted by Gasteiger charge is 2.13. The number of amides is 1. The highest BCUT2D eigenvalue weighted by Crippen LogP contribution is 2.28. The van der Waals surface area contributed by atoms with Gasteiger partial charge in [0.15, 0.2) is 6.61 Å². The Hall–Kier alpha value is -3.15. The SMILES string of the molecule is O=C(COc1ccc2ccccc2c1)NCc1ccc(C(O)c2ccccc2)s1. The number of carbonyl (C=O) groups is 1. The fraction of sp³-hybridized carbons (Fsp3) is 0.125. The van der Waals surface area contributed by atoms with Crippen molar-refractivity contribution in [2.24, 2.45) is 0 Å². The third-order valence-electron chi connectivity index (χ3n) is 4.62. The summed E-state index contributed by atoms with van der Waals surface area (Å²) in [5, 5.41) is 15.5. The molecule has 1 aromatic heterocycles. The lowest BCUT2D eigenvalue weighted by molar-refractivity contribution is -0.123. The minimum atomic E-state index is -0.651. The van der Waals surface area contributed by atoms with Crippen molar-refractivity contribution < 1.29 is 14.6 Å². The van der Waals surface area contributed by atoms with Gasteiger partial charge in [0, 0.05) is 9.75 Å². The zero-order valence-corrected chi connectivity index (χ0v) is 16.6. The van der Waals surface area contributed by atoms with E-state index in [0.717, 1.165) is 26.1 Å². The van der Waals surface area contributed by atoms with E-state index in [-0.39, 0.29) is 12.5 Å². The topological polar surface area (TPSA) is 58.6 Å². The summed E-state index contributed by atoms with van der Waals surface area (Å²) in [4.78, 5) is 14.0. The van der Waals surface area contributed by atoms with Crippen LogP contribution < -0.4 is 10.1 Å². The number of hydrogen-bond acceptors (Lipinski definition) is 4. The van der Waals surface area contributed by atoms with Crippen LogP contribution in [-0.2, 0) is 11.3 Å². The molecule has 0 saturated heterocycles. The van der Waals surface area contributed by atoms with Crippen LogP contribution in [0.3, 0.4) is 0 Å². The Bertz CT molecular complexity index is 1110. The second-order valence-corrected chi connectivity index (χ2v) is 7.89. The van der Waals surface area contributed by atoms with Gasteiger partial charge in [-0.25, -0.2) is 0 Å². The standard InChI is InChI=1S/C24H21NO3S/c26-23(16-28-20-11-10-17-6-4-5-9-19(17)14-20)25-15-21-12-13-22(29-21)24(27)18-7-2-1-3-8-18/h1-14,24,27H,15-16H2,(H,25,26). The summed E-state index contributed by atoms with van der Waals surface area (Å²) in [5.41, 5.74) is 0.855. The molecule has 0 aliphatic carbocycles. The minimum Gasteiger partial charge on any atom is -0.484 e. The predicted molar refractivity (Wildman–Crippen MR) is 116 cm³/mol. The molecule has 2 N–H and O–H groups in total. The minimum absolute atomic E-state index is 0.0385. The molecule has 1 unspecified atom stereocenters. The molecule has 0 radical (unpaired) electrons. The Balaban J connectivity index is 1.29. The van der Waals surface area contributed by atoms with Gasteiger partial charge in [-0.2, -0.15) is 0 Å². The van der Waals surface area contributed by atoms with Gasteiger partial charge in [-0.1, -0.05) is 60.7 Å². The first-order valence-electron chi connectivity index (χ1n) is 9.39. The van der Waals surface area contributed by atoms with Crippen molar-refractivity contribution >= 4 is 28.0 Å². The summed E-state index contributed by atoms with van der Waals surface area (Å²) in [6.45, 7) is 0.370. The number of aliphatic hydroxyl groups is 1. The molecule has 0 fully saturated rings. The monoisotopic (exact) mass is 403 g/mol. The number of hydrogen-bond donors (Lipinski definition) is 2. The number of benzene rings is 3. The van der Waals surface area contributed by atoms with Gasteiger partial charge in [-0.05, 0) is 40.6 Å². The maximum absolute atomic E-state index is 12.1. The molecule has 3 aromatic carbocycles. The summed E-state index contributed by atoms with van der Waals surface area (Å²) in [6, 6.07) is 27.2. The average molecular weight is 404 g/mol. The second-order valence-electron chi connectivity index (χ2n) is 6.69. The van der Waals surface area contributed by atoms with E-state index in [1.807, 2.05) is 84.9 Å². The molecule has 5 heteroatoms. The number of aliphatic hydroxyl groups excluding tert-OH is 1. The van der Waals surface area contributed by atoms with Crippen molar-refractivity contribution in [1.29, 1.82) is 0 Å². The van der Waals surface area contributed by atoms with Gasteiger partial charge in [-0.3, -0.25) is 4.79 Å². The van der Waals surface area contributed by atoms with Crippen molar-refractivity contribution in [3.63, 3.8) is 0 Å². The van der Waals surface area contributed by atoms with Crippen LogP contribution in [0.15, 0.2) is 84.9 Å². The molecule has 4 aromatic rings. The lowest BCUT2D eigenvalue weighted by Gasteiger charge is -2.09. The maximum atomic E-state index is 12.1. The molecule has 29 heavy (non-hydrogen) atoms. The Morgan fingerprint density at radius 3 is 2.52 bits per heavy atom. The van der Waals surface area contributed by atoms with Crippen molar-refractivity contribution in [3.05, 3.63) is 100 Å². The Morgan fingerprint density at radius 2 is 1.69 bits per heavy atom. The van der Waals surface area contributed by atoms with Crippen molar-refractivity contribution in [3.8, 4) is 5.75 Å². The molecular weight excluding hydrogens is 382 g/mol. The zero-order valence-electron chi connectivity index (χ0n) is 15.7. The molecule has 4 nitrogen and oxygen atoms in total. The summed E-state index contributed by atoms with van der Waals surface area (Å²) >= 11 is 1.49. The maximum Gasteiger partial charge on any atom is 0.258 e. The van der Waals surface area contributed by atoms with Gasteiger partial charge in [0.1, 0.15) is 11.9 Å². The fourth-order valence-corrected chi connectivity index (χ4v) is 4.05. The van der Waals surface area contributed by atoms with E-state index in [2.05, 4.69) is 5.32 Å². The lowest BCUT2D eigenvalue weighted by Crippen LogP contribution is -2.28. The average Bonchev–Trinajstić information content (AvgIpc) is 3.25. The van der Waals surface area contributed by atoms with Crippen LogP contribution in [-0.4, -0.2) is 17.6 Å². The number of carbonyl (C=O) groups excluding carboxylic acids is 1. The number of rotatable bonds is 7. The van der Waals surface area contributed by atoms with E-state index in [9.17, 15) is 9.90 Å². The van der Waals surface area contributed by atoms with Crippen LogP contribution in [0.2, 0.25) is 0 Å². The summed E-state index contributed by atoms with van der Waals surface area (Å²) in [6.07, 6.45) is -0.651. The molecule has 4 rings (SSSR count). The first kappa shape index (κ1) is 19.2. The smallest absolute Gasteiger partial charge is 0.258 e. The van der Waals surface area contributed by atoms with E-state index < -0.39 is 6.10 Å². The second kappa shape index (κ2) is 8.90. The molecule has 146 valence electrons. The molecular formula is C24H21NO3S. The Kier molecular flexibility index (Phi) is 5.89. The molecule has 1 amide bonds. The third-order valence-corrected chi connectivity index (χ3v) is 5.76. The molecule has 0 aliphatic heterocycles.